The summed E-state index contributed by atoms with van der Waals surface area (Å²) >= 11 is 0. The minimum Gasteiger partial charge on any atom is -0.396 e. The Morgan fingerprint density at radius 2 is 1.92 bits per heavy atom. The molecule has 2 atom stereocenters. The topological polar surface area (TPSA) is 29.5 Å². The number of rotatable bonds is 4. The zero-order chi connectivity index (χ0) is 9.68. The molecule has 0 spiro atoms. The van der Waals surface area contributed by atoms with Crippen molar-refractivity contribution < 1.29 is 9.84 Å². The first-order chi connectivity index (χ1) is 6.29. The van der Waals surface area contributed by atoms with E-state index in [1.165, 1.54) is 0 Å². The highest BCUT2D eigenvalue weighted by Crippen LogP contribution is 2.24. The SMILES string of the molecule is CO[C@H](c1ccccc1)[C@@H](C)CO. The molecule has 0 fully saturated rings. The molecule has 0 saturated carbocycles. The minimum atomic E-state index is -0.00815. The van der Waals surface area contributed by atoms with Crippen LogP contribution in [0.5, 0.6) is 0 Å². The van der Waals surface area contributed by atoms with E-state index in [9.17, 15) is 0 Å². The first-order valence-electron chi connectivity index (χ1n) is 4.48. The summed E-state index contributed by atoms with van der Waals surface area (Å²) < 4.78 is 5.33. The van der Waals surface area contributed by atoms with Crippen LogP contribution in [0.25, 0.3) is 0 Å². The molecule has 0 aliphatic carbocycles. The van der Waals surface area contributed by atoms with Crippen molar-refractivity contribution in [3.8, 4) is 0 Å². The van der Waals surface area contributed by atoms with Crippen LogP contribution in [0.15, 0.2) is 30.3 Å². The fourth-order valence-corrected chi connectivity index (χ4v) is 1.44. The normalized spacial score (nSPS) is 15.3. The molecule has 1 rings (SSSR count). The van der Waals surface area contributed by atoms with E-state index in [2.05, 4.69) is 0 Å². The predicted molar refractivity (Wildman–Crippen MR) is 52.4 cm³/mol. The first-order valence-corrected chi connectivity index (χ1v) is 4.48. The highest BCUT2D eigenvalue weighted by Gasteiger charge is 2.17. The fourth-order valence-electron chi connectivity index (χ4n) is 1.44. The van der Waals surface area contributed by atoms with Gasteiger partial charge >= 0.3 is 0 Å². The summed E-state index contributed by atoms with van der Waals surface area (Å²) in [6.45, 7) is 2.12. The summed E-state index contributed by atoms with van der Waals surface area (Å²) in [5.74, 6) is 0.132. The van der Waals surface area contributed by atoms with Crippen molar-refractivity contribution in [1.29, 1.82) is 0 Å². The highest BCUT2D eigenvalue weighted by molar-refractivity contribution is 5.18. The molecule has 13 heavy (non-hydrogen) atoms. The third kappa shape index (κ3) is 2.54. The smallest absolute Gasteiger partial charge is 0.0868 e. The maximum atomic E-state index is 9.02. The Kier molecular flexibility index (Phi) is 3.93. The zero-order valence-corrected chi connectivity index (χ0v) is 8.10. The zero-order valence-electron chi connectivity index (χ0n) is 8.10. The number of aliphatic hydroxyl groups excluding tert-OH is 1. The Hall–Kier alpha value is -0.860. The van der Waals surface area contributed by atoms with Crippen LogP contribution in [-0.4, -0.2) is 18.8 Å². The van der Waals surface area contributed by atoms with E-state index in [1.54, 1.807) is 7.11 Å². The largest absolute Gasteiger partial charge is 0.396 e. The molecule has 0 aliphatic heterocycles. The van der Waals surface area contributed by atoms with E-state index in [0.717, 1.165) is 5.56 Å². The van der Waals surface area contributed by atoms with Crippen molar-refractivity contribution in [2.45, 2.75) is 13.0 Å². The number of aliphatic hydroxyl groups is 1. The van der Waals surface area contributed by atoms with Gasteiger partial charge in [-0.3, -0.25) is 0 Å². The first kappa shape index (κ1) is 10.2. The lowest BCUT2D eigenvalue weighted by atomic mass is 9.98. The van der Waals surface area contributed by atoms with Crippen molar-refractivity contribution in [3.63, 3.8) is 0 Å². The van der Waals surface area contributed by atoms with Gasteiger partial charge in [0.2, 0.25) is 0 Å². The monoisotopic (exact) mass is 180 g/mol. The average molecular weight is 180 g/mol. The van der Waals surface area contributed by atoms with Crippen LogP contribution in [0.1, 0.15) is 18.6 Å². The molecule has 72 valence electrons. The van der Waals surface area contributed by atoms with Gasteiger partial charge in [-0.1, -0.05) is 37.3 Å². The number of hydrogen-bond donors (Lipinski definition) is 1. The van der Waals surface area contributed by atoms with Gasteiger partial charge < -0.3 is 9.84 Å². The summed E-state index contributed by atoms with van der Waals surface area (Å²) in [5, 5.41) is 9.02. The summed E-state index contributed by atoms with van der Waals surface area (Å²) in [4.78, 5) is 0. The van der Waals surface area contributed by atoms with Crippen LogP contribution >= 0.6 is 0 Å². The van der Waals surface area contributed by atoms with Gasteiger partial charge in [-0.15, -0.1) is 0 Å². The van der Waals surface area contributed by atoms with Crippen LogP contribution in [-0.2, 0) is 4.74 Å². The van der Waals surface area contributed by atoms with Gasteiger partial charge in [0.15, 0.2) is 0 Å². The minimum absolute atomic E-state index is 0.00815. The number of methoxy groups -OCH3 is 1. The van der Waals surface area contributed by atoms with Gasteiger partial charge in [0, 0.05) is 19.6 Å². The van der Waals surface area contributed by atoms with E-state index in [0.29, 0.717) is 0 Å². The van der Waals surface area contributed by atoms with Gasteiger partial charge in [0.25, 0.3) is 0 Å². The third-order valence-electron chi connectivity index (χ3n) is 2.19. The van der Waals surface area contributed by atoms with Crippen LogP contribution < -0.4 is 0 Å². The van der Waals surface area contributed by atoms with Gasteiger partial charge in [0.1, 0.15) is 0 Å². The predicted octanol–water partition coefficient (Wildman–Crippen LogP) is 2.00. The Labute approximate surface area is 79.2 Å². The summed E-state index contributed by atoms with van der Waals surface area (Å²) in [6, 6.07) is 9.96. The summed E-state index contributed by atoms with van der Waals surface area (Å²) in [6.07, 6.45) is -0.00815. The molecule has 0 aromatic heterocycles. The highest BCUT2D eigenvalue weighted by atomic mass is 16.5. The van der Waals surface area contributed by atoms with Crippen LogP contribution in [0, 0.1) is 5.92 Å². The quantitative estimate of drug-likeness (QED) is 0.768. The molecule has 2 nitrogen and oxygen atoms in total. The molecule has 0 amide bonds. The molecule has 1 N–H and O–H groups in total. The molecular weight excluding hydrogens is 164 g/mol. The fraction of sp³-hybridized carbons (Fsp3) is 0.455. The summed E-state index contributed by atoms with van der Waals surface area (Å²) in [7, 11) is 1.67. The molecule has 2 heteroatoms. The second-order valence-electron chi connectivity index (χ2n) is 3.23. The van der Waals surface area contributed by atoms with Crippen molar-refractivity contribution >= 4 is 0 Å². The van der Waals surface area contributed by atoms with Crippen LogP contribution in [0.2, 0.25) is 0 Å². The van der Waals surface area contributed by atoms with E-state index >= 15 is 0 Å². The molecule has 1 aromatic carbocycles. The van der Waals surface area contributed by atoms with Gasteiger partial charge in [-0.05, 0) is 5.56 Å². The molecule has 0 radical (unpaired) electrons. The van der Waals surface area contributed by atoms with E-state index < -0.39 is 0 Å². The lowest BCUT2D eigenvalue weighted by Crippen LogP contribution is -2.15. The molecule has 0 aliphatic rings. The van der Waals surface area contributed by atoms with E-state index in [4.69, 9.17) is 9.84 Å². The molecule has 0 saturated heterocycles. The third-order valence-corrected chi connectivity index (χ3v) is 2.19. The number of hydrogen-bond acceptors (Lipinski definition) is 2. The molecule has 0 heterocycles. The lowest BCUT2D eigenvalue weighted by molar-refractivity contribution is 0.0328. The maximum absolute atomic E-state index is 9.02. The second-order valence-corrected chi connectivity index (χ2v) is 3.23. The average Bonchev–Trinajstić information content (AvgIpc) is 2.20. The molecule has 0 unspecified atom stereocenters. The van der Waals surface area contributed by atoms with Crippen molar-refractivity contribution in [2.24, 2.45) is 5.92 Å². The van der Waals surface area contributed by atoms with Crippen molar-refractivity contribution in [2.75, 3.05) is 13.7 Å². The van der Waals surface area contributed by atoms with Gasteiger partial charge in [-0.2, -0.15) is 0 Å². The Morgan fingerprint density at radius 3 is 2.38 bits per heavy atom. The van der Waals surface area contributed by atoms with Crippen molar-refractivity contribution in [3.05, 3.63) is 35.9 Å². The molecular formula is C11H16O2. The standard InChI is InChI=1S/C11H16O2/c1-9(8-12)11(13-2)10-6-4-3-5-7-10/h3-7,9,11-12H,8H2,1-2H3/t9-,11-/m0/s1. The maximum Gasteiger partial charge on any atom is 0.0868 e. The van der Waals surface area contributed by atoms with Crippen LogP contribution in [0.3, 0.4) is 0 Å². The Balaban J connectivity index is 2.78. The Bertz CT molecular complexity index is 233. The van der Waals surface area contributed by atoms with E-state index in [-0.39, 0.29) is 18.6 Å². The molecule has 1 aromatic rings. The van der Waals surface area contributed by atoms with Gasteiger partial charge in [-0.25, -0.2) is 0 Å². The van der Waals surface area contributed by atoms with E-state index in [1.807, 2.05) is 37.3 Å². The summed E-state index contributed by atoms with van der Waals surface area (Å²) in [5.41, 5.74) is 1.12. The lowest BCUT2D eigenvalue weighted by Gasteiger charge is -2.20. The number of ether oxygens (including phenoxy) is 1. The number of benzene rings is 1. The Morgan fingerprint density at radius 1 is 1.31 bits per heavy atom. The second kappa shape index (κ2) is 5.00. The van der Waals surface area contributed by atoms with Gasteiger partial charge in [0.05, 0.1) is 6.10 Å². The van der Waals surface area contributed by atoms with Crippen LogP contribution in [0.4, 0.5) is 0 Å². The van der Waals surface area contributed by atoms with Crippen molar-refractivity contribution in [1.82, 2.24) is 0 Å². The molecule has 0 bridgehead atoms.